The number of hydrogen-bond donors (Lipinski definition) is 2. The van der Waals surface area contributed by atoms with Gasteiger partial charge in [-0.25, -0.2) is 0 Å². The first-order chi connectivity index (χ1) is 14.0. The van der Waals surface area contributed by atoms with Crippen LogP contribution in [0, 0.1) is 13.8 Å². The van der Waals surface area contributed by atoms with Crippen molar-refractivity contribution in [3.8, 4) is 11.5 Å². The summed E-state index contributed by atoms with van der Waals surface area (Å²) in [6.45, 7) is 4.68. The van der Waals surface area contributed by atoms with Crippen LogP contribution in [0.2, 0.25) is 0 Å². The maximum Gasteiger partial charge on any atom is 0.255 e. The molecule has 0 unspecified atom stereocenters. The van der Waals surface area contributed by atoms with Crippen LogP contribution in [0.4, 0.5) is 11.4 Å². The number of carbonyl (C=O) groups is 1. The molecule has 0 saturated carbocycles. The summed E-state index contributed by atoms with van der Waals surface area (Å²) in [6, 6.07) is 19.2. The molecule has 5 nitrogen and oxygen atoms in total. The molecule has 0 atom stereocenters. The van der Waals surface area contributed by atoms with Gasteiger partial charge in [-0.1, -0.05) is 12.1 Å². The quantitative estimate of drug-likeness (QED) is 0.583. The molecule has 0 aliphatic heterocycles. The number of anilines is 2. The van der Waals surface area contributed by atoms with Gasteiger partial charge in [-0.05, 0) is 79.1 Å². The highest BCUT2D eigenvalue weighted by Gasteiger charge is 2.08. The number of benzene rings is 3. The minimum atomic E-state index is -0.112. The first-order valence-electron chi connectivity index (χ1n) is 9.43. The zero-order valence-electron chi connectivity index (χ0n) is 17.2. The first-order valence-corrected chi connectivity index (χ1v) is 9.43. The van der Waals surface area contributed by atoms with Crippen LogP contribution in [0.15, 0.2) is 60.7 Å². The molecule has 0 saturated heterocycles. The van der Waals surface area contributed by atoms with E-state index >= 15 is 0 Å². The molecule has 0 aromatic heterocycles. The zero-order chi connectivity index (χ0) is 20.8. The van der Waals surface area contributed by atoms with Gasteiger partial charge in [0.05, 0.1) is 14.2 Å². The average Bonchev–Trinajstić information content (AvgIpc) is 2.74. The number of hydrogen-bond acceptors (Lipinski definition) is 4. The van der Waals surface area contributed by atoms with Crippen LogP contribution < -0.4 is 20.1 Å². The van der Waals surface area contributed by atoms with E-state index in [0.29, 0.717) is 23.6 Å². The van der Waals surface area contributed by atoms with Gasteiger partial charge in [-0.2, -0.15) is 0 Å². The summed E-state index contributed by atoms with van der Waals surface area (Å²) in [5.41, 5.74) is 5.73. The Hall–Kier alpha value is -3.47. The molecular weight excluding hydrogens is 364 g/mol. The Morgan fingerprint density at radius 3 is 2.14 bits per heavy atom. The van der Waals surface area contributed by atoms with E-state index in [9.17, 15) is 4.79 Å². The van der Waals surface area contributed by atoms with Crippen LogP contribution in [0.1, 0.15) is 27.0 Å². The molecule has 0 spiro atoms. The van der Waals surface area contributed by atoms with Crippen molar-refractivity contribution in [2.45, 2.75) is 20.4 Å². The third-order valence-electron chi connectivity index (χ3n) is 4.86. The van der Waals surface area contributed by atoms with Gasteiger partial charge >= 0.3 is 0 Å². The molecule has 0 radical (unpaired) electrons. The molecule has 29 heavy (non-hydrogen) atoms. The molecular formula is C24H26N2O3. The van der Waals surface area contributed by atoms with Crippen LogP contribution >= 0.6 is 0 Å². The second-order valence-corrected chi connectivity index (χ2v) is 6.87. The van der Waals surface area contributed by atoms with E-state index in [1.165, 1.54) is 5.56 Å². The van der Waals surface area contributed by atoms with Crippen molar-refractivity contribution in [3.05, 3.63) is 82.9 Å². The van der Waals surface area contributed by atoms with E-state index in [0.717, 1.165) is 22.5 Å². The lowest BCUT2D eigenvalue weighted by atomic mass is 10.1. The first kappa shape index (κ1) is 20.3. The maximum absolute atomic E-state index is 12.4. The predicted octanol–water partition coefficient (Wildman–Crippen LogP) is 5.19. The van der Waals surface area contributed by atoms with Crippen molar-refractivity contribution in [2.24, 2.45) is 0 Å². The van der Waals surface area contributed by atoms with Gasteiger partial charge in [0.1, 0.15) is 0 Å². The molecule has 3 aromatic carbocycles. The summed E-state index contributed by atoms with van der Waals surface area (Å²) in [7, 11) is 3.25. The Morgan fingerprint density at radius 1 is 0.793 bits per heavy atom. The molecule has 1 amide bonds. The molecule has 150 valence electrons. The fraction of sp³-hybridized carbons (Fsp3) is 0.208. The third-order valence-corrected chi connectivity index (χ3v) is 4.86. The van der Waals surface area contributed by atoms with Gasteiger partial charge in [0, 0.05) is 23.5 Å². The maximum atomic E-state index is 12.4. The highest BCUT2D eigenvalue weighted by molar-refractivity contribution is 6.04. The predicted molar refractivity (Wildman–Crippen MR) is 117 cm³/mol. The second-order valence-electron chi connectivity index (χ2n) is 6.87. The fourth-order valence-corrected chi connectivity index (χ4v) is 2.95. The molecule has 0 fully saturated rings. The number of nitrogens with one attached hydrogen (secondary N) is 2. The second kappa shape index (κ2) is 9.15. The Morgan fingerprint density at radius 2 is 1.48 bits per heavy atom. The van der Waals surface area contributed by atoms with Crippen molar-refractivity contribution in [3.63, 3.8) is 0 Å². The molecule has 3 aromatic rings. The van der Waals surface area contributed by atoms with E-state index in [-0.39, 0.29) is 5.91 Å². The van der Waals surface area contributed by atoms with Crippen molar-refractivity contribution >= 4 is 17.3 Å². The number of rotatable bonds is 7. The van der Waals surface area contributed by atoms with E-state index in [2.05, 4.69) is 10.6 Å². The van der Waals surface area contributed by atoms with Crippen molar-refractivity contribution in [1.29, 1.82) is 0 Å². The van der Waals surface area contributed by atoms with E-state index in [1.54, 1.807) is 14.2 Å². The zero-order valence-corrected chi connectivity index (χ0v) is 17.2. The monoisotopic (exact) mass is 390 g/mol. The molecule has 2 N–H and O–H groups in total. The van der Waals surface area contributed by atoms with Crippen LogP contribution in [-0.4, -0.2) is 20.1 Å². The summed E-state index contributed by atoms with van der Waals surface area (Å²) >= 11 is 0. The van der Waals surface area contributed by atoms with Crippen molar-refractivity contribution in [2.75, 3.05) is 24.9 Å². The number of amides is 1. The smallest absolute Gasteiger partial charge is 0.255 e. The lowest BCUT2D eigenvalue weighted by Crippen LogP contribution is -2.12. The summed E-state index contributed by atoms with van der Waals surface area (Å²) < 4.78 is 10.6. The lowest BCUT2D eigenvalue weighted by Gasteiger charge is -2.12. The van der Waals surface area contributed by atoms with Gasteiger partial charge in [-0.3, -0.25) is 4.79 Å². The van der Waals surface area contributed by atoms with Crippen LogP contribution in [0.5, 0.6) is 11.5 Å². The molecule has 5 heteroatoms. The van der Waals surface area contributed by atoms with Crippen LogP contribution in [-0.2, 0) is 6.54 Å². The van der Waals surface area contributed by atoms with E-state index in [1.807, 2.05) is 74.5 Å². The molecule has 0 bridgehead atoms. The average molecular weight is 390 g/mol. The molecule has 0 aliphatic carbocycles. The minimum absolute atomic E-state index is 0.112. The Labute approximate surface area is 171 Å². The van der Waals surface area contributed by atoms with Gasteiger partial charge in [0.25, 0.3) is 5.91 Å². The standard InChI is InChI=1S/C24H26N2O3/c1-16-5-7-19(13-17(16)2)24(27)26-21-10-8-20(9-11-21)25-15-18-6-12-22(28-3)23(14-18)29-4/h5-14,25H,15H2,1-4H3,(H,26,27). The molecule has 0 aliphatic rings. The summed E-state index contributed by atoms with van der Waals surface area (Å²) in [6.07, 6.45) is 0. The normalized spacial score (nSPS) is 10.3. The Bertz CT molecular complexity index is 998. The summed E-state index contributed by atoms with van der Waals surface area (Å²) in [4.78, 5) is 12.4. The van der Waals surface area contributed by atoms with Gasteiger partial charge in [0.15, 0.2) is 11.5 Å². The lowest BCUT2D eigenvalue weighted by molar-refractivity contribution is 0.102. The van der Waals surface area contributed by atoms with E-state index in [4.69, 9.17) is 9.47 Å². The Balaban J connectivity index is 1.60. The van der Waals surface area contributed by atoms with Gasteiger partial charge < -0.3 is 20.1 Å². The number of methoxy groups -OCH3 is 2. The topological polar surface area (TPSA) is 59.6 Å². The van der Waals surface area contributed by atoms with Gasteiger partial charge in [0.2, 0.25) is 0 Å². The number of aryl methyl sites for hydroxylation is 2. The highest BCUT2D eigenvalue weighted by atomic mass is 16.5. The summed E-state index contributed by atoms with van der Waals surface area (Å²) in [5.74, 6) is 1.30. The number of ether oxygens (including phenoxy) is 2. The minimum Gasteiger partial charge on any atom is -0.493 e. The van der Waals surface area contributed by atoms with Crippen molar-refractivity contribution in [1.82, 2.24) is 0 Å². The highest BCUT2D eigenvalue weighted by Crippen LogP contribution is 2.28. The van der Waals surface area contributed by atoms with E-state index < -0.39 is 0 Å². The SMILES string of the molecule is COc1ccc(CNc2ccc(NC(=O)c3ccc(C)c(C)c3)cc2)cc1OC. The van der Waals surface area contributed by atoms with Crippen LogP contribution in [0.3, 0.4) is 0 Å². The molecule has 3 rings (SSSR count). The Kier molecular flexibility index (Phi) is 6.39. The summed E-state index contributed by atoms with van der Waals surface area (Å²) in [5, 5.41) is 6.30. The van der Waals surface area contributed by atoms with Crippen molar-refractivity contribution < 1.29 is 14.3 Å². The fourth-order valence-electron chi connectivity index (χ4n) is 2.95. The third kappa shape index (κ3) is 5.08. The number of carbonyl (C=O) groups excluding carboxylic acids is 1. The largest absolute Gasteiger partial charge is 0.493 e. The van der Waals surface area contributed by atoms with Gasteiger partial charge in [-0.15, -0.1) is 0 Å². The molecule has 0 heterocycles. The van der Waals surface area contributed by atoms with Crippen LogP contribution in [0.25, 0.3) is 0 Å².